The molecule has 0 saturated heterocycles. The van der Waals surface area contributed by atoms with Crippen LogP contribution in [0.4, 0.5) is 8.78 Å². The highest BCUT2D eigenvalue weighted by molar-refractivity contribution is 5.22. The van der Waals surface area contributed by atoms with E-state index in [4.69, 9.17) is 4.42 Å². The van der Waals surface area contributed by atoms with Crippen LogP contribution in [0.3, 0.4) is 0 Å². The molecule has 0 aliphatic rings. The molecule has 4 heteroatoms. The highest BCUT2D eigenvalue weighted by atomic mass is 19.2. The number of rotatable bonds is 4. The number of hydrogen-bond donors (Lipinski definition) is 1. The molecule has 0 aliphatic heterocycles. The van der Waals surface area contributed by atoms with E-state index < -0.39 is 11.6 Å². The first-order chi connectivity index (χ1) is 8.20. The van der Waals surface area contributed by atoms with Gasteiger partial charge in [0, 0.05) is 11.6 Å². The highest BCUT2D eigenvalue weighted by Gasteiger charge is 2.12. The van der Waals surface area contributed by atoms with Crippen molar-refractivity contribution >= 4 is 0 Å². The van der Waals surface area contributed by atoms with Gasteiger partial charge in [0.25, 0.3) is 0 Å². The smallest absolute Gasteiger partial charge is 0.159 e. The molecule has 0 spiro atoms. The molecule has 1 heterocycles. The van der Waals surface area contributed by atoms with Crippen molar-refractivity contribution < 1.29 is 13.2 Å². The zero-order valence-electron chi connectivity index (χ0n) is 9.41. The Morgan fingerprint density at radius 1 is 1.24 bits per heavy atom. The first-order valence-corrected chi connectivity index (χ1v) is 5.34. The lowest BCUT2D eigenvalue weighted by Crippen LogP contribution is -2.18. The topological polar surface area (TPSA) is 25.2 Å². The summed E-state index contributed by atoms with van der Waals surface area (Å²) in [6.07, 6.45) is 3.80. The molecule has 0 saturated carbocycles. The van der Waals surface area contributed by atoms with Crippen LogP contribution in [0.2, 0.25) is 0 Å². The van der Waals surface area contributed by atoms with Crippen molar-refractivity contribution in [3.8, 4) is 0 Å². The molecule has 17 heavy (non-hydrogen) atoms. The summed E-state index contributed by atoms with van der Waals surface area (Å²) in [7, 11) is 1.82. The van der Waals surface area contributed by atoms with Gasteiger partial charge in [0.2, 0.25) is 0 Å². The van der Waals surface area contributed by atoms with Crippen molar-refractivity contribution in [3.05, 3.63) is 59.6 Å². The summed E-state index contributed by atoms with van der Waals surface area (Å²) in [6, 6.07) is 5.83. The van der Waals surface area contributed by atoms with Gasteiger partial charge in [-0.3, -0.25) is 0 Å². The molecule has 90 valence electrons. The molecule has 0 aliphatic carbocycles. The van der Waals surface area contributed by atoms with Gasteiger partial charge < -0.3 is 9.73 Å². The summed E-state index contributed by atoms with van der Waals surface area (Å²) in [5.74, 6) is -1.64. The van der Waals surface area contributed by atoms with Crippen molar-refractivity contribution in [2.24, 2.45) is 0 Å². The van der Waals surface area contributed by atoms with E-state index in [1.165, 1.54) is 6.07 Å². The first-order valence-electron chi connectivity index (χ1n) is 5.34. The minimum absolute atomic E-state index is 0.0265. The Kier molecular flexibility index (Phi) is 3.54. The van der Waals surface area contributed by atoms with Crippen molar-refractivity contribution in [2.75, 3.05) is 7.05 Å². The van der Waals surface area contributed by atoms with Gasteiger partial charge in [0.15, 0.2) is 11.6 Å². The molecule has 0 bridgehead atoms. The summed E-state index contributed by atoms with van der Waals surface area (Å²) < 4.78 is 30.9. The Morgan fingerprint density at radius 3 is 2.65 bits per heavy atom. The summed E-state index contributed by atoms with van der Waals surface area (Å²) in [4.78, 5) is 0. The minimum atomic E-state index is -0.821. The van der Waals surface area contributed by atoms with E-state index in [2.05, 4.69) is 5.32 Å². The predicted molar refractivity (Wildman–Crippen MR) is 60.6 cm³/mol. The van der Waals surface area contributed by atoms with E-state index in [0.717, 1.165) is 17.2 Å². The number of nitrogens with one attached hydrogen (secondary N) is 1. The zero-order valence-corrected chi connectivity index (χ0v) is 9.41. The maximum atomic E-state index is 13.1. The Bertz CT molecular complexity index is 482. The Hall–Kier alpha value is -1.68. The predicted octanol–water partition coefficient (Wildman–Crippen LogP) is 3.06. The number of likely N-dealkylation sites (N-methyl/N-ethyl adjacent to an activating group) is 1. The number of hydrogen-bond acceptors (Lipinski definition) is 2. The van der Waals surface area contributed by atoms with Crippen molar-refractivity contribution in [2.45, 2.75) is 12.5 Å². The molecule has 2 aromatic rings. The van der Waals surface area contributed by atoms with Gasteiger partial charge in [-0.25, -0.2) is 8.78 Å². The normalized spacial score (nSPS) is 12.6. The molecule has 2 nitrogen and oxygen atoms in total. The third-order valence-corrected chi connectivity index (χ3v) is 2.72. The highest BCUT2D eigenvalue weighted by Crippen LogP contribution is 2.19. The van der Waals surface area contributed by atoms with Gasteiger partial charge >= 0.3 is 0 Å². The van der Waals surface area contributed by atoms with E-state index in [1.807, 2.05) is 13.1 Å². The third kappa shape index (κ3) is 2.71. The molecule has 1 aromatic heterocycles. The second-order valence-electron chi connectivity index (χ2n) is 3.85. The largest absolute Gasteiger partial charge is 0.472 e. The van der Waals surface area contributed by atoms with Crippen LogP contribution >= 0.6 is 0 Å². The average Bonchev–Trinajstić information content (AvgIpc) is 2.84. The molecule has 2 rings (SSSR count). The minimum Gasteiger partial charge on any atom is -0.472 e. The molecular formula is C13H13F2NO. The van der Waals surface area contributed by atoms with Crippen LogP contribution in [0, 0.1) is 11.6 Å². The quantitative estimate of drug-likeness (QED) is 0.884. The second kappa shape index (κ2) is 5.10. The molecule has 1 aromatic carbocycles. The first kappa shape index (κ1) is 11.8. The Labute approximate surface area is 98.3 Å². The van der Waals surface area contributed by atoms with Gasteiger partial charge in [-0.1, -0.05) is 6.07 Å². The lowest BCUT2D eigenvalue weighted by Gasteiger charge is -2.14. The summed E-state index contributed by atoms with van der Waals surface area (Å²) >= 11 is 0. The standard InChI is InChI=1S/C13H13F2NO/c1-16-13(10-4-5-17-8-10)7-9-2-3-11(14)12(15)6-9/h2-6,8,13,16H,7H2,1H3. The Morgan fingerprint density at radius 2 is 2.06 bits per heavy atom. The van der Waals surface area contributed by atoms with Crippen LogP contribution in [0.5, 0.6) is 0 Å². The lowest BCUT2D eigenvalue weighted by molar-refractivity contribution is 0.503. The van der Waals surface area contributed by atoms with E-state index in [1.54, 1.807) is 18.6 Å². The lowest BCUT2D eigenvalue weighted by atomic mass is 10.0. The van der Waals surface area contributed by atoms with Crippen LogP contribution in [-0.4, -0.2) is 7.05 Å². The maximum absolute atomic E-state index is 13.1. The van der Waals surface area contributed by atoms with Crippen molar-refractivity contribution in [1.82, 2.24) is 5.32 Å². The fourth-order valence-corrected chi connectivity index (χ4v) is 1.76. The van der Waals surface area contributed by atoms with Crippen molar-refractivity contribution in [1.29, 1.82) is 0 Å². The molecular weight excluding hydrogens is 224 g/mol. The van der Waals surface area contributed by atoms with Crippen LogP contribution in [0.1, 0.15) is 17.2 Å². The SMILES string of the molecule is CNC(Cc1ccc(F)c(F)c1)c1ccoc1. The molecule has 1 atom stereocenters. The van der Waals surface area contributed by atoms with Crippen LogP contribution < -0.4 is 5.32 Å². The number of halogens is 2. The number of benzene rings is 1. The second-order valence-corrected chi connectivity index (χ2v) is 3.85. The molecule has 1 unspecified atom stereocenters. The van der Waals surface area contributed by atoms with Gasteiger partial charge in [-0.15, -0.1) is 0 Å². The summed E-state index contributed by atoms with van der Waals surface area (Å²) in [5, 5.41) is 3.11. The summed E-state index contributed by atoms with van der Waals surface area (Å²) in [5.41, 5.74) is 1.72. The summed E-state index contributed by atoms with van der Waals surface area (Å²) in [6.45, 7) is 0. The Balaban J connectivity index is 2.16. The monoisotopic (exact) mass is 237 g/mol. The van der Waals surface area contributed by atoms with E-state index >= 15 is 0 Å². The van der Waals surface area contributed by atoms with Gasteiger partial charge in [0.05, 0.1) is 12.5 Å². The van der Waals surface area contributed by atoms with Crippen LogP contribution in [0.25, 0.3) is 0 Å². The van der Waals surface area contributed by atoms with Gasteiger partial charge in [-0.05, 0) is 37.2 Å². The average molecular weight is 237 g/mol. The van der Waals surface area contributed by atoms with Gasteiger partial charge in [0.1, 0.15) is 0 Å². The fraction of sp³-hybridized carbons (Fsp3) is 0.231. The third-order valence-electron chi connectivity index (χ3n) is 2.72. The van der Waals surface area contributed by atoms with Crippen molar-refractivity contribution in [3.63, 3.8) is 0 Å². The van der Waals surface area contributed by atoms with E-state index in [-0.39, 0.29) is 6.04 Å². The molecule has 1 N–H and O–H groups in total. The van der Waals surface area contributed by atoms with E-state index in [9.17, 15) is 8.78 Å². The van der Waals surface area contributed by atoms with Crippen LogP contribution in [0.15, 0.2) is 41.2 Å². The molecule has 0 amide bonds. The fourth-order valence-electron chi connectivity index (χ4n) is 1.76. The van der Waals surface area contributed by atoms with Gasteiger partial charge in [-0.2, -0.15) is 0 Å². The van der Waals surface area contributed by atoms with E-state index in [0.29, 0.717) is 6.42 Å². The maximum Gasteiger partial charge on any atom is 0.159 e. The number of furan rings is 1. The molecule has 0 fully saturated rings. The molecule has 0 radical (unpaired) electrons. The van der Waals surface area contributed by atoms with Crippen LogP contribution in [-0.2, 0) is 6.42 Å². The zero-order chi connectivity index (χ0) is 12.3.